The average Bonchev–Trinajstić information content (AvgIpc) is 3.12. The fourth-order valence-corrected chi connectivity index (χ4v) is 4.81. The lowest BCUT2D eigenvalue weighted by Gasteiger charge is -2.12. The number of aromatic nitrogens is 2. The van der Waals surface area contributed by atoms with Crippen LogP contribution in [-0.4, -0.2) is 48.3 Å². The molecule has 0 amide bonds. The van der Waals surface area contributed by atoms with Crippen molar-refractivity contribution in [3.05, 3.63) is 105 Å². The molecule has 16 nitrogen and oxygen atoms in total. The summed E-state index contributed by atoms with van der Waals surface area (Å²) in [6.07, 6.45) is 3.17. The molecule has 0 aliphatic carbocycles. The Kier molecular flexibility index (Phi) is 10.1. The van der Waals surface area contributed by atoms with Crippen LogP contribution in [0.5, 0.6) is 46.0 Å². The van der Waals surface area contributed by atoms with Crippen LogP contribution in [0.15, 0.2) is 85.2 Å². The molecule has 16 heteroatoms. The second kappa shape index (κ2) is 14.8. The molecule has 0 saturated carbocycles. The molecule has 0 radical (unpaired) electrons. The number of methoxy groups -OCH3 is 4. The minimum Gasteiger partial charge on any atom is -0.493 e. The molecular weight excluding hydrogens is 652 g/mol. The number of pyridine rings is 2. The van der Waals surface area contributed by atoms with Gasteiger partial charge in [0.2, 0.25) is 0 Å². The molecule has 0 aliphatic rings. The molecule has 0 saturated heterocycles. The molecule has 0 fully saturated rings. The summed E-state index contributed by atoms with van der Waals surface area (Å²) in [6.45, 7) is 0. The van der Waals surface area contributed by atoms with Crippen LogP contribution in [0.3, 0.4) is 0 Å². The maximum atomic E-state index is 11.1. The van der Waals surface area contributed by atoms with Crippen LogP contribution in [0, 0.1) is 20.2 Å². The highest BCUT2D eigenvalue weighted by molar-refractivity contribution is 5.89. The number of rotatable bonds is 10. The van der Waals surface area contributed by atoms with E-state index in [-0.39, 0.29) is 5.75 Å². The Morgan fingerprint density at radius 1 is 0.520 bits per heavy atom. The highest BCUT2D eigenvalue weighted by Crippen LogP contribution is 2.39. The maximum absolute atomic E-state index is 11.1. The Balaban J connectivity index is 0.000000197. The molecule has 2 aromatic heterocycles. The van der Waals surface area contributed by atoms with E-state index in [0.29, 0.717) is 62.5 Å². The number of hydrogen-bond donors (Lipinski definition) is 2. The largest absolute Gasteiger partial charge is 0.493 e. The van der Waals surface area contributed by atoms with E-state index in [2.05, 4.69) is 9.97 Å². The molecule has 6 aromatic rings. The topological polar surface area (TPSA) is 219 Å². The third-order valence-corrected chi connectivity index (χ3v) is 7.27. The van der Waals surface area contributed by atoms with Gasteiger partial charge >= 0.3 is 11.4 Å². The number of fused-ring (bicyclic) bond motifs is 2. The lowest BCUT2D eigenvalue weighted by molar-refractivity contribution is -0.422. The van der Waals surface area contributed by atoms with Crippen molar-refractivity contribution in [1.29, 1.82) is 0 Å². The third-order valence-electron chi connectivity index (χ3n) is 7.27. The van der Waals surface area contributed by atoms with Crippen LogP contribution in [0.1, 0.15) is 0 Å². The van der Waals surface area contributed by atoms with Crippen LogP contribution in [0.25, 0.3) is 21.8 Å². The quantitative estimate of drug-likeness (QED) is 0.0838. The molecule has 0 unspecified atom stereocenters. The van der Waals surface area contributed by atoms with Crippen molar-refractivity contribution in [2.24, 2.45) is 0 Å². The van der Waals surface area contributed by atoms with E-state index in [0.717, 1.165) is 23.0 Å². The second-order valence-corrected chi connectivity index (χ2v) is 10.2. The molecule has 50 heavy (non-hydrogen) atoms. The first-order chi connectivity index (χ1) is 24.1. The Bertz CT molecular complexity index is 2230. The standard InChI is InChI=1S/C17H13N3O7.C17H17N3O3/c1-25-16-8-11-12(9-17(16)26-2)18-6-5-15(11)27-10-3-4-13(19(21)22)14(7-10)20(23)24;1-21-16-8-11-14(9-17(16)22-2)20-6-5-15(11)23-10-3-4-12(18)13(19)7-10/h3-9H,1-2H3;3-9H,18-19H2,1-2H3. The fraction of sp³-hybridized carbons (Fsp3) is 0.118. The van der Waals surface area contributed by atoms with E-state index in [1.807, 2.05) is 6.07 Å². The number of nitro groups is 2. The van der Waals surface area contributed by atoms with E-state index < -0.39 is 21.2 Å². The highest BCUT2D eigenvalue weighted by Gasteiger charge is 2.25. The molecule has 0 atom stereocenters. The molecule has 256 valence electrons. The summed E-state index contributed by atoms with van der Waals surface area (Å²) >= 11 is 0. The Morgan fingerprint density at radius 3 is 1.40 bits per heavy atom. The second-order valence-electron chi connectivity index (χ2n) is 10.2. The van der Waals surface area contributed by atoms with Crippen LogP contribution in [0.2, 0.25) is 0 Å². The predicted molar refractivity (Wildman–Crippen MR) is 185 cm³/mol. The summed E-state index contributed by atoms with van der Waals surface area (Å²) in [5.74, 6) is 3.83. The minimum atomic E-state index is -0.830. The van der Waals surface area contributed by atoms with Crippen molar-refractivity contribution in [3.63, 3.8) is 0 Å². The lowest BCUT2D eigenvalue weighted by atomic mass is 10.1. The number of nitrogens with zero attached hydrogens (tertiary/aromatic N) is 4. The zero-order valence-corrected chi connectivity index (χ0v) is 27.1. The van der Waals surface area contributed by atoms with Gasteiger partial charge in [0, 0.05) is 47.4 Å². The van der Waals surface area contributed by atoms with E-state index in [1.165, 1.54) is 26.5 Å². The van der Waals surface area contributed by atoms with Gasteiger partial charge < -0.3 is 39.9 Å². The van der Waals surface area contributed by atoms with Crippen molar-refractivity contribution in [3.8, 4) is 46.0 Å². The van der Waals surface area contributed by atoms with Crippen molar-refractivity contribution in [2.75, 3.05) is 39.9 Å². The number of nitrogens with two attached hydrogens (primary N) is 2. The van der Waals surface area contributed by atoms with Crippen molar-refractivity contribution >= 4 is 44.6 Å². The molecule has 4 N–H and O–H groups in total. The zero-order chi connectivity index (χ0) is 35.9. The van der Waals surface area contributed by atoms with Gasteiger partial charge in [0.25, 0.3) is 0 Å². The van der Waals surface area contributed by atoms with Gasteiger partial charge in [-0.1, -0.05) is 0 Å². The number of anilines is 2. The van der Waals surface area contributed by atoms with E-state index >= 15 is 0 Å². The Morgan fingerprint density at radius 2 is 0.960 bits per heavy atom. The highest BCUT2D eigenvalue weighted by atomic mass is 16.6. The van der Waals surface area contributed by atoms with E-state index in [1.54, 1.807) is 68.9 Å². The van der Waals surface area contributed by atoms with Crippen molar-refractivity contribution < 1.29 is 38.3 Å². The van der Waals surface area contributed by atoms with E-state index in [9.17, 15) is 20.2 Å². The SMILES string of the molecule is COc1cc2nccc(Oc3ccc(N)c(N)c3)c2cc1OC.COc1cc2nccc(Oc3ccc([N+](=O)[O-])c([N+](=O)[O-])c3)c2cc1OC. The minimum absolute atomic E-state index is 0.0783. The smallest absolute Gasteiger partial charge is 0.349 e. The lowest BCUT2D eigenvalue weighted by Crippen LogP contribution is -1.97. The summed E-state index contributed by atoms with van der Waals surface area (Å²) in [5.41, 5.74) is 12.6. The maximum Gasteiger partial charge on any atom is 0.349 e. The van der Waals surface area contributed by atoms with Gasteiger partial charge in [-0.05, 0) is 42.5 Å². The van der Waals surface area contributed by atoms with Gasteiger partial charge in [-0.15, -0.1) is 0 Å². The molecule has 6 rings (SSSR count). The first-order valence-electron chi connectivity index (χ1n) is 14.5. The Labute approximate surface area is 284 Å². The Hall–Kier alpha value is -7.10. The van der Waals surface area contributed by atoms with Crippen molar-refractivity contribution in [2.45, 2.75) is 0 Å². The van der Waals surface area contributed by atoms with Crippen molar-refractivity contribution in [1.82, 2.24) is 9.97 Å². The number of nitrogen functional groups attached to an aromatic ring is 2. The number of ether oxygens (including phenoxy) is 6. The molecule has 2 heterocycles. The monoisotopic (exact) mass is 682 g/mol. The predicted octanol–water partition coefficient (Wildman–Crippen LogP) is 7.07. The molecule has 0 spiro atoms. The molecule has 0 bridgehead atoms. The summed E-state index contributed by atoms with van der Waals surface area (Å²) in [5, 5.41) is 23.4. The summed E-state index contributed by atoms with van der Waals surface area (Å²) < 4.78 is 32.8. The van der Waals surface area contributed by atoms with Crippen LogP contribution in [0.4, 0.5) is 22.7 Å². The van der Waals surface area contributed by atoms with Gasteiger partial charge in [0.1, 0.15) is 23.0 Å². The third kappa shape index (κ3) is 7.23. The normalized spacial score (nSPS) is 10.5. The molecular formula is C34H30N6O10. The summed E-state index contributed by atoms with van der Waals surface area (Å²) in [6, 6.07) is 18.8. The first kappa shape index (κ1) is 34.2. The van der Waals surface area contributed by atoms with Gasteiger partial charge in [-0.2, -0.15) is 0 Å². The van der Waals surface area contributed by atoms with Gasteiger partial charge in [0.05, 0.1) is 66.8 Å². The van der Waals surface area contributed by atoms with Crippen LogP contribution < -0.4 is 39.9 Å². The van der Waals surface area contributed by atoms with Gasteiger partial charge in [-0.3, -0.25) is 30.2 Å². The van der Waals surface area contributed by atoms with Gasteiger partial charge in [-0.25, -0.2) is 0 Å². The molecule has 0 aliphatic heterocycles. The molecule has 4 aromatic carbocycles. The summed E-state index contributed by atoms with van der Waals surface area (Å²) in [4.78, 5) is 29.0. The summed E-state index contributed by atoms with van der Waals surface area (Å²) in [7, 11) is 6.16. The fourth-order valence-electron chi connectivity index (χ4n) is 4.81. The zero-order valence-electron chi connectivity index (χ0n) is 27.1. The number of nitro benzene ring substituents is 2. The van der Waals surface area contributed by atoms with Crippen LogP contribution in [-0.2, 0) is 0 Å². The van der Waals surface area contributed by atoms with E-state index in [4.69, 9.17) is 39.9 Å². The first-order valence-corrected chi connectivity index (χ1v) is 14.5. The average molecular weight is 683 g/mol. The number of hydrogen-bond acceptors (Lipinski definition) is 14. The van der Waals surface area contributed by atoms with Gasteiger partial charge in [0.15, 0.2) is 23.0 Å². The van der Waals surface area contributed by atoms with Crippen LogP contribution >= 0.6 is 0 Å². The number of benzene rings is 4.